The van der Waals surface area contributed by atoms with Crippen LogP contribution in [0.4, 0.5) is 8.78 Å². The van der Waals surface area contributed by atoms with Gasteiger partial charge in [0.25, 0.3) is 0 Å². The van der Waals surface area contributed by atoms with Crippen molar-refractivity contribution in [3.8, 4) is 5.75 Å². The molecule has 0 aliphatic rings. The average molecular weight is 298 g/mol. The second-order valence-electron chi connectivity index (χ2n) is 4.35. The number of halogens is 2. The lowest BCUT2D eigenvalue weighted by atomic mass is 10.2. The zero-order chi connectivity index (χ0) is 14.8. The summed E-state index contributed by atoms with van der Waals surface area (Å²) in [5, 5.41) is 0. The Bertz CT molecular complexity index is 727. The van der Waals surface area contributed by atoms with Crippen molar-refractivity contribution in [3.63, 3.8) is 0 Å². The van der Waals surface area contributed by atoms with Crippen LogP contribution in [-0.2, 0) is 15.9 Å². The summed E-state index contributed by atoms with van der Waals surface area (Å²) in [5.41, 5.74) is 1.48. The lowest BCUT2D eigenvalue weighted by molar-refractivity contribution is 0.471. The molecule has 2 aromatic rings. The Morgan fingerprint density at radius 1 is 1.05 bits per heavy atom. The standard InChI is InChI=1S/C14H12F2O3S/c1-10-3-2-4-11(7-10)9-20(17,18)19-12-5-6-13(15)14(16)8-12/h2-8H,9H2,1H3. The van der Waals surface area contributed by atoms with Gasteiger partial charge in [-0.15, -0.1) is 0 Å². The fourth-order valence-corrected chi connectivity index (χ4v) is 2.75. The van der Waals surface area contributed by atoms with Crippen molar-refractivity contribution in [2.24, 2.45) is 0 Å². The van der Waals surface area contributed by atoms with Crippen LogP contribution < -0.4 is 4.18 Å². The van der Waals surface area contributed by atoms with Crippen LogP contribution >= 0.6 is 0 Å². The average Bonchev–Trinajstić information content (AvgIpc) is 2.33. The second kappa shape index (κ2) is 5.58. The minimum atomic E-state index is -3.92. The van der Waals surface area contributed by atoms with Crippen molar-refractivity contribution < 1.29 is 21.4 Å². The third-order valence-corrected chi connectivity index (χ3v) is 3.67. The van der Waals surface area contributed by atoms with Crippen molar-refractivity contribution in [1.29, 1.82) is 0 Å². The molecule has 0 N–H and O–H groups in total. The molecule has 0 heterocycles. The zero-order valence-electron chi connectivity index (χ0n) is 10.6. The van der Waals surface area contributed by atoms with E-state index in [9.17, 15) is 17.2 Å². The van der Waals surface area contributed by atoms with Gasteiger partial charge in [0.15, 0.2) is 11.6 Å². The Labute approximate surface area is 115 Å². The molecule has 0 aliphatic carbocycles. The Kier molecular flexibility index (Phi) is 4.04. The molecule has 0 radical (unpaired) electrons. The van der Waals surface area contributed by atoms with Crippen molar-refractivity contribution >= 4 is 10.1 Å². The third-order valence-electron chi connectivity index (χ3n) is 2.54. The van der Waals surface area contributed by atoms with Crippen LogP contribution in [-0.4, -0.2) is 8.42 Å². The maximum absolute atomic E-state index is 13.0. The quantitative estimate of drug-likeness (QED) is 0.814. The van der Waals surface area contributed by atoms with Gasteiger partial charge in [-0.25, -0.2) is 8.78 Å². The van der Waals surface area contributed by atoms with Gasteiger partial charge in [0.1, 0.15) is 11.5 Å². The molecule has 6 heteroatoms. The highest BCUT2D eigenvalue weighted by atomic mass is 32.2. The molecule has 20 heavy (non-hydrogen) atoms. The first kappa shape index (κ1) is 14.5. The smallest absolute Gasteiger partial charge is 0.313 e. The Balaban J connectivity index is 2.17. The number of aryl methyl sites for hydroxylation is 1. The molecule has 0 bridgehead atoms. The van der Waals surface area contributed by atoms with E-state index < -0.39 is 21.8 Å². The molecule has 0 amide bonds. The van der Waals surface area contributed by atoms with Gasteiger partial charge in [-0.3, -0.25) is 0 Å². The normalized spacial score (nSPS) is 11.3. The van der Waals surface area contributed by atoms with Gasteiger partial charge < -0.3 is 4.18 Å². The van der Waals surface area contributed by atoms with Crippen LogP contribution in [0.1, 0.15) is 11.1 Å². The van der Waals surface area contributed by atoms with Gasteiger partial charge in [-0.2, -0.15) is 8.42 Å². The maximum atomic E-state index is 13.0. The van der Waals surface area contributed by atoms with Gasteiger partial charge in [0.05, 0.1) is 0 Å². The molecule has 0 atom stereocenters. The largest absolute Gasteiger partial charge is 0.382 e. The lowest BCUT2D eigenvalue weighted by Gasteiger charge is -2.07. The van der Waals surface area contributed by atoms with E-state index in [2.05, 4.69) is 0 Å². The first-order valence-electron chi connectivity index (χ1n) is 5.78. The van der Waals surface area contributed by atoms with E-state index in [1.807, 2.05) is 13.0 Å². The topological polar surface area (TPSA) is 43.4 Å². The minimum Gasteiger partial charge on any atom is -0.382 e. The van der Waals surface area contributed by atoms with Crippen LogP contribution in [0, 0.1) is 18.6 Å². The van der Waals surface area contributed by atoms with Gasteiger partial charge in [0.2, 0.25) is 0 Å². The molecule has 2 aromatic carbocycles. The van der Waals surface area contributed by atoms with Crippen LogP contribution in [0.25, 0.3) is 0 Å². The highest BCUT2D eigenvalue weighted by Gasteiger charge is 2.15. The summed E-state index contributed by atoms with van der Waals surface area (Å²) < 4.78 is 54.2. The first-order chi connectivity index (χ1) is 9.35. The van der Waals surface area contributed by atoms with E-state index in [-0.39, 0.29) is 11.5 Å². The molecular formula is C14H12F2O3S. The van der Waals surface area contributed by atoms with E-state index in [1.165, 1.54) is 0 Å². The Hall–Kier alpha value is -1.95. The molecular weight excluding hydrogens is 286 g/mol. The first-order valence-corrected chi connectivity index (χ1v) is 7.36. The monoisotopic (exact) mass is 298 g/mol. The molecule has 0 saturated carbocycles. The van der Waals surface area contributed by atoms with Crippen LogP contribution in [0.2, 0.25) is 0 Å². The SMILES string of the molecule is Cc1cccc(CS(=O)(=O)Oc2ccc(F)c(F)c2)c1. The maximum Gasteiger partial charge on any atom is 0.313 e. The molecule has 0 saturated heterocycles. The summed E-state index contributed by atoms with van der Waals surface area (Å²) in [7, 11) is -3.92. The van der Waals surface area contributed by atoms with Crippen molar-refractivity contribution in [2.45, 2.75) is 12.7 Å². The van der Waals surface area contributed by atoms with Crippen molar-refractivity contribution in [2.75, 3.05) is 0 Å². The van der Waals surface area contributed by atoms with Crippen molar-refractivity contribution in [1.82, 2.24) is 0 Å². The molecule has 106 valence electrons. The van der Waals surface area contributed by atoms with Crippen molar-refractivity contribution in [3.05, 3.63) is 65.2 Å². The minimum absolute atomic E-state index is 0.253. The summed E-state index contributed by atoms with van der Waals surface area (Å²) in [6.07, 6.45) is 0. The Morgan fingerprint density at radius 2 is 1.80 bits per heavy atom. The van der Waals surface area contributed by atoms with E-state index in [4.69, 9.17) is 4.18 Å². The zero-order valence-corrected chi connectivity index (χ0v) is 11.5. The van der Waals surface area contributed by atoms with Crippen LogP contribution in [0.15, 0.2) is 42.5 Å². The summed E-state index contributed by atoms with van der Waals surface area (Å²) in [4.78, 5) is 0. The molecule has 2 rings (SSSR count). The summed E-state index contributed by atoms with van der Waals surface area (Å²) in [6, 6.07) is 9.51. The molecule has 0 unspecified atom stereocenters. The molecule has 0 fully saturated rings. The lowest BCUT2D eigenvalue weighted by Crippen LogP contribution is -2.12. The highest BCUT2D eigenvalue weighted by Crippen LogP contribution is 2.19. The van der Waals surface area contributed by atoms with Crippen LogP contribution in [0.3, 0.4) is 0 Å². The predicted molar refractivity (Wildman–Crippen MR) is 70.8 cm³/mol. The summed E-state index contributed by atoms with van der Waals surface area (Å²) >= 11 is 0. The predicted octanol–water partition coefficient (Wildman–Crippen LogP) is 3.18. The van der Waals surface area contributed by atoms with Gasteiger partial charge in [-0.05, 0) is 24.6 Å². The van der Waals surface area contributed by atoms with Crippen LogP contribution in [0.5, 0.6) is 5.75 Å². The fourth-order valence-electron chi connectivity index (χ4n) is 1.71. The summed E-state index contributed by atoms with van der Waals surface area (Å²) in [6.45, 7) is 1.84. The van der Waals surface area contributed by atoms with Gasteiger partial charge in [0, 0.05) is 6.07 Å². The highest BCUT2D eigenvalue weighted by molar-refractivity contribution is 7.86. The van der Waals surface area contributed by atoms with E-state index >= 15 is 0 Å². The van der Waals surface area contributed by atoms with E-state index in [1.54, 1.807) is 18.2 Å². The van der Waals surface area contributed by atoms with E-state index in [0.29, 0.717) is 11.6 Å². The summed E-state index contributed by atoms with van der Waals surface area (Å²) in [5.74, 6) is -2.81. The van der Waals surface area contributed by atoms with Gasteiger partial charge in [-0.1, -0.05) is 29.8 Å². The number of benzene rings is 2. The molecule has 3 nitrogen and oxygen atoms in total. The molecule has 0 spiro atoms. The van der Waals surface area contributed by atoms with Gasteiger partial charge >= 0.3 is 10.1 Å². The second-order valence-corrected chi connectivity index (χ2v) is 5.92. The molecule has 0 aromatic heterocycles. The number of rotatable bonds is 4. The Morgan fingerprint density at radius 3 is 2.45 bits per heavy atom. The number of hydrogen-bond acceptors (Lipinski definition) is 3. The third kappa shape index (κ3) is 3.77. The number of hydrogen-bond donors (Lipinski definition) is 0. The fraction of sp³-hybridized carbons (Fsp3) is 0.143. The van der Waals surface area contributed by atoms with E-state index in [0.717, 1.165) is 17.7 Å². The molecule has 0 aliphatic heterocycles.